The van der Waals surface area contributed by atoms with Crippen molar-refractivity contribution >= 4 is 17.5 Å². The molecule has 0 aliphatic carbocycles. The lowest BCUT2D eigenvalue weighted by atomic mass is 10.1. The second-order valence-electron chi connectivity index (χ2n) is 5.52. The molecule has 2 N–H and O–H groups in total. The van der Waals surface area contributed by atoms with Crippen LogP contribution in [0.5, 0.6) is 11.5 Å². The van der Waals surface area contributed by atoms with E-state index in [-0.39, 0.29) is 18.2 Å². The third-order valence-corrected chi connectivity index (χ3v) is 3.56. The first-order chi connectivity index (χ1) is 12.0. The number of carbonyl (C=O) groups is 2. The maximum atomic E-state index is 12.1. The summed E-state index contributed by atoms with van der Waals surface area (Å²) in [5, 5.41) is 5.58. The number of nitrogens with one attached hydrogen (secondary N) is 2. The van der Waals surface area contributed by atoms with Gasteiger partial charge in [-0.3, -0.25) is 9.59 Å². The lowest BCUT2D eigenvalue weighted by molar-refractivity contribution is -0.120. The van der Waals surface area contributed by atoms with Gasteiger partial charge in [0.25, 0.3) is 0 Å². The zero-order valence-electron chi connectivity index (χ0n) is 14.6. The van der Waals surface area contributed by atoms with Crippen LogP contribution in [-0.2, 0) is 22.6 Å². The molecule has 2 amide bonds. The summed E-state index contributed by atoms with van der Waals surface area (Å²) in [5.41, 5.74) is 2.32. The predicted molar refractivity (Wildman–Crippen MR) is 95.8 cm³/mol. The van der Waals surface area contributed by atoms with Gasteiger partial charge >= 0.3 is 0 Å². The molecule has 0 fully saturated rings. The van der Waals surface area contributed by atoms with Gasteiger partial charge < -0.3 is 20.1 Å². The van der Waals surface area contributed by atoms with Crippen molar-refractivity contribution in [2.24, 2.45) is 0 Å². The summed E-state index contributed by atoms with van der Waals surface area (Å²) in [6, 6.07) is 12.8. The normalized spacial score (nSPS) is 10.0. The van der Waals surface area contributed by atoms with Crippen molar-refractivity contribution in [2.45, 2.75) is 19.9 Å². The maximum Gasteiger partial charge on any atom is 0.224 e. The molecule has 0 saturated carbocycles. The lowest BCUT2D eigenvalue weighted by Gasteiger charge is -2.12. The minimum absolute atomic E-state index is 0.0925. The Kier molecular flexibility index (Phi) is 6.39. The summed E-state index contributed by atoms with van der Waals surface area (Å²) in [4.78, 5) is 23.4. The molecule has 0 heterocycles. The van der Waals surface area contributed by atoms with Gasteiger partial charge in [0.15, 0.2) is 0 Å². The molecule has 25 heavy (non-hydrogen) atoms. The molecule has 0 radical (unpaired) electrons. The van der Waals surface area contributed by atoms with Gasteiger partial charge in [-0.1, -0.05) is 18.2 Å². The average Bonchev–Trinajstić information content (AvgIpc) is 2.60. The number of methoxy groups -OCH3 is 2. The van der Waals surface area contributed by atoms with E-state index in [0.717, 1.165) is 16.9 Å². The van der Waals surface area contributed by atoms with Crippen molar-refractivity contribution in [2.75, 3.05) is 19.5 Å². The second kappa shape index (κ2) is 8.73. The fraction of sp³-hybridized carbons (Fsp3) is 0.263. The van der Waals surface area contributed by atoms with Gasteiger partial charge in [-0.15, -0.1) is 0 Å². The zero-order chi connectivity index (χ0) is 18.2. The van der Waals surface area contributed by atoms with Crippen molar-refractivity contribution in [3.8, 4) is 11.5 Å². The van der Waals surface area contributed by atoms with Crippen molar-refractivity contribution in [3.05, 3.63) is 53.6 Å². The molecule has 0 saturated heterocycles. The van der Waals surface area contributed by atoms with E-state index in [4.69, 9.17) is 9.47 Å². The summed E-state index contributed by atoms with van der Waals surface area (Å²) >= 11 is 0. The number of hydrogen-bond acceptors (Lipinski definition) is 4. The monoisotopic (exact) mass is 342 g/mol. The molecular weight excluding hydrogens is 320 g/mol. The van der Waals surface area contributed by atoms with Gasteiger partial charge in [-0.2, -0.15) is 0 Å². The Labute approximate surface area is 147 Å². The average molecular weight is 342 g/mol. The molecule has 132 valence electrons. The van der Waals surface area contributed by atoms with Crippen molar-refractivity contribution in [1.82, 2.24) is 5.32 Å². The molecule has 2 rings (SSSR count). The Morgan fingerprint density at radius 1 is 1.00 bits per heavy atom. The molecular formula is C19H22N2O4. The van der Waals surface area contributed by atoms with Crippen molar-refractivity contribution in [3.63, 3.8) is 0 Å². The number of carbonyl (C=O) groups excluding carboxylic acids is 2. The Bertz CT molecular complexity index is 759. The van der Waals surface area contributed by atoms with E-state index in [1.54, 1.807) is 19.2 Å². The van der Waals surface area contributed by atoms with Crippen molar-refractivity contribution in [1.29, 1.82) is 0 Å². The largest absolute Gasteiger partial charge is 0.497 e. The van der Waals surface area contributed by atoms with Crippen LogP contribution >= 0.6 is 0 Å². The molecule has 0 spiro atoms. The van der Waals surface area contributed by atoms with Crippen LogP contribution in [0.4, 0.5) is 5.69 Å². The fourth-order valence-corrected chi connectivity index (χ4v) is 2.38. The van der Waals surface area contributed by atoms with Crippen LogP contribution in [0.25, 0.3) is 0 Å². The standard InChI is InChI=1S/C19H22N2O4/c1-13(22)21-17-10-15(7-8-18(17)25-3)12-20-19(23)11-14-5-4-6-16(9-14)24-2/h4-10H,11-12H2,1-3H3,(H,20,23)(H,21,22). The molecule has 2 aromatic rings. The van der Waals surface area contributed by atoms with Crippen LogP contribution in [0.3, 0.4) is 0 Å². The number of anilines is 1. The molecule has 0 bridgehead atoms. The number of benzene rings is 2. The number of amides is 2. The highest BCUT2D eigenvalue weighted by molar-refractivity contribution is 5.90. The van der Waals surface area contributed by atoms with Crippen molar-refractivity contribution < 1.29 is 19.1 Å². The Morgan fingerprint density at radius 3 is 2.48 bits per heavy atom. The highest BCUT2D eigenvalue weighted by atomic mass is 16.5. The molecule has 0 aromatic heterocycles. The van der Waals surface area contributed by atoms with Crippen LogP contribution in [0.2, 0.25) is 0 Å². The summed E-state index contributed by atoms with van der Waals surface area (Å²) < 4.78 is 10.4. The van der Waals surface area contributed by atoms with E-state index < -0.39 is 0 Å². The van der Waals surface area contributed by atoms with E-state index in [2.05, 4.69) is 10.6 Å². The summed E-state index contributed by atoms with van der Waals surface area (Å²) in [5.74, 6) is 1.02. The molecule has 0 aliphatic rings. The zero-order valence-corrected chi connectivity index (χ0v) is 14.6. The predicted octanol–water partition coefficient (Wildman–Crippen LogP) is 2.52. The first-order valence-corrected chi connectivity index (χ1v) is 7.86. The molecule has 0 atom stereocenters. The lowest BCUT2D eigenvalue weighted by Crippen LogP contribution is -2.24. The molecule has 0 unspecified atom stereocenters. The fourth-order valence-electron chi connectivity index (χ4n) is 2.38. The Morgan fingerprint density at radius 2 is 1.80 bits per heavy atom. The number of rotatable bonds is 7. The second-order valence-corrected chi connectivity index (χ2v) is 5.52. The number of hydrogen-bond donors (Lipinski definition) is 2. The van der Waals surface area contributed by atoms with Gasteiger partial charge in [0, 0.05) is 13.5 Å². The minimum Gasteiger partial charge on any atom is -0.497 e. The van der Waals surface area contributed by atoms with Crippen LogP contribution in [0, 0.1) is 0 Å². The first kappa shape index (κ1) is 18.3. The highest BCUT2D eigenvalue weighted by Gasteiger charge is 2.08. The van der Waals surface area contributed by atoms with Crippen LogP contribution in [0.1, 0.15) is 18.1 Å². The molecule has 6 heteroatoms. The molecule has 2 aromatic carbocycles. The van der Waals surface area contributed by atoms with Crippen LogP contribution < -0.4 is 20.1 Å². The smallest absolute Gasteiger partial charge is 0.224 e. The van der Waals surface area contributed by atoms with Gasteiger partial charge in [-0.05, 0) is 35.4 Å². The van der Waals surface area contributed by atoms with Gasteiger partial charge in [0.2, 0.25) is 11.8 Å². The molecule has 0 aliphatic heterocycles. The van der Waals surface area contributed by atoms with Gasteiger partial charge in [0.05, 0.1) is 26.3 Å². The Balaban J connectivity index is 1.97. The van der Waals surface area contributed by atoms with Crippen LogP contribution in [-0.4, -0.2) is 26.0 Å². The third-order valence-electron chi connectivity index (χ3n) is 3.56. The van der Waals surface area contributed by atoms with Gasteiger partial charge in [0.1, 0.15) is 11.5 Å². The van der Waals surface area contributed by atoms with Gasteiger partial charge in [-0.25, -0.2) is 0 Å². The highest BCUT2D eigenvalue weighted by Crippen LogP contribution is 2.25. The maximum absolute atomic E-state index is 12.1. The van der Waals surface area contributed by atoms with E-state index in [9.17, 15) is 9.59 Å². The quantitative estimate of drug-likeness (QED) is 0.811. The van der Waals surface area contributed by atoms with E-state index in [1.165, 1.54) is 14.0 Å². The third kappa shape index (κ3) is 5.53. The van der Waals surface area contributed by atoms with E-state index in [0.29, 0.717) is 18.0 Å². The summed E-state index contributed by atoms with van der Waals surface area (Å²) in [7, 11) is 3.13. The van der Waals surface area contributed by atoms with E-state index >= 15 is 0 Å². The summed E-state index contributed by atoms with van der Waals surface area (Å²) in [6.45, 7) is 1.79. The molecule has 6 nitrogen and oxygen atoms in total. The Hall–Kier alpha value is -3.02. The first-order valence-electron chi connectivity index (χ1n) is 7.86. The SMILES string of the molecule is COc1cccc(CC(=O)NCc2ccc(OC)c(NC(C)=O)c2)c1. The van der Waals surface area contributed by atoms with Crippen LogP contribution in [0.15, 0.2) is 42.5 Å². The number of ether oxygens (including phenoxy) is 2. The summed E-state index contributed by atoms with van der Waals surface area (Å²) in [6.07, 6.45) is 0.270. The van der Waals surface area contributed by atoms with E-state index in [1.807, 2.05) is 30.3 Å². The minimum atomic E-state index is -0.183. The topological polar surface area (TPSA) is 76.7 Å².